The number of allylic oxidation sites excluding steroid dienone is 1. The molecular weight excluding hydrogens is 665 g/mol. The summed E-state index contributed by atoms with van der Waals surface area (Å²) in [6, 6.07) is 0.576. The van der Waals surface area contributed by atoms with Crippen molar-refractivity contribution in [2.24, 2.45) is 13.0 Å². The molecule has 1 aromatic rings. The minimum Gasteiger partial charge on any atom is -0.240 e. The van der Waals surface area contributed by atoms with Gasteiger partial charge < -0.3 is 0 Å². The van der Waals surface area contributed by atoms with Gasteiger partial charge in [0, 0.05) is 0 Å². The van der Waals surface area contributed by atoms with Gasteiger partial charge in [-0.3, -0.25) is 0 Å². The van der Waals surface area contributed by atoms with Crippen LogP contribution in [0.1, 0.15) is 219 Å². The zero-order chi connectivity index (χ0) is 39.5. The SMILES string of the molecule is C=C=C=C=C=C=C=C=C=C=C=C=C=CC(CCCCCCCCCCCCCC)CCCC(CCCCCCCCCCCCCCCC)n1cc[n+](C)c1. The normalized spacial score (nSPS) is 11.0. The smallest absolute Gasteiger partial charge is 0.240 e. The highest BCUT2D eigenvalue weighted by atomic mass is 15.1. The number of aromatic nitrogens is 2. The van der Waals surface area contributed by atoms with Crippen LogP contribution in [0.4, 0.5) is 0 Å². The average Bonchev–Trinajstić information content (AvgIpc) is 3.63. The number of imidazole rings is 1. The number of hydrogen-bond acceptors (Lipinski definition) is 0. The molecular formula is C53H79N2+. The largest absolute Gasteiger partial charge is 0.243 e. The average molecular weight is 744 g/mol. The molecule has 0 fully saturated rings. The molecule has 2 nitrogen and oxygen atoms in total. The topological polar surface area (TPSA) is 8.81 Å². The lowest BCUT2D eigenvalue weighted by Gasteiger charge is -2.16. The molecule has 0 aromatic carbocycles. The van der Waals surface area contributed by atoms with E-state index in [0.717, 1.165) is 0 Å². The van der Waals surface area contributed by atoms with E-state index in [0.29, 0.717) is 12.0 Å². The highest BCUT2D eigenvalue weighted by Gasteiger charge is 2.17. The molecule has 0 aliphatic rings. The highest BCUT2D eigenvalue weighted by Crippen LogP contribution is 2.26. The highest BCUT2D eigenvalue weighted by molar-refractivity contribution is 4.94. The predicted octanol–water partition coefficient (Wildman–Crippen LogP) is 15.6. The lowest BCUT2D eigenvalue weighted by atomic mass is 9.92. The zero-order valence-corrected chi connectivity index (χ0v) is 36.0. The van der Waals surface area contributed by atoms with Gasteiger partial charge in [-0.15, -0.1) is 0 Å². The van der Waals surface area contributed by atoms with Crippen molar-refractivity contribution < 1.29 is 4.57 Å². The molecule has 0 spiro atoms. The van der Waals surface area contributed by atoms with Crippen molar-refractivity contribution in [1.82, 2.24) is 4.57 Å². The molecule has 2 heteroatoms. The van der Waals surface area contributed by atoms with Crippen LogP contribution in [0, 0.1) is 5.92 Å². The van der Waals surface area contributed by atoms with Gasteiger partial charge in [-0.1, -0.05) is 186 Å². The molecule has 55 heavy (non-hydrogen) atoms. The van der Waals surface area contributed by atoms with Crippen molar-refractivity contribution in [3.8, 4) is 0 Å². The lowest BCUT2D eigenvalue weighted by molar-refractivity contribution is -0.671. The maximum Gasteiger partial charge on any atom is 0.243 e. The second-order valence-corrected chi connectivity index (χ2v) is 15.7. The van der Waals surface area contributed by atoms with E-state index in [4.69, 9.17) is 0 Å². The summed E-state index contributed by atoms with van der Waals surface area (Å²) in [4.78, 5) is 0. The third-order valence-corrected chi connectivity index (χ3v) is 10.7. The van der Waals surface area contributed by atoms with Gasteiger partial charge in [0.15, 0.2) is 0 Å². The Hall–Kier alpha value is -3.69. The molecule has 0 radical (unpaired) electrons. The zero-order valence-electron chi connectivity index (χ0n) is 36.0. The predicted molar refractivity (Wildman–Crippen MR) is 235 cm³/mol. The molecule has 2 unspecified atom stereocenters. The first-order chi connectivity index (χ1) is 27.2. The summed E-state index contributed by atoms with van der Waals surface area (Å²) < 4.78 is 4.65. The first-order valence-electron chi connectivity index (χ1n) is 22.8. The van der Waals surface area contributed by atoms with Gasteiger partial charge >= 0.3 is 0 Å². The van der Waals surface area contributed by atoms with Gasteiger partial charge in [0.05, 0.1) is 7.05 Å². The first-order valence-corrected chi connectivity index (χ1v) is 22.8. The van der Waals surface area contributed by atoms with E-state index < -0.39 is 0 Å². The van der Waals surface area contributed by atoms with Gasteiger partial charge in [-0.05, 0) is 114 Å². The minimum absolute atomic E-state index is 0.511. The molecule has 0 N–H and O–H groups in total. The van der Waals surface area contributed by atoms with Crippen LogP contribution in [0.15, 0.2) is 100 Å². The summed E-state index contributed by atoms with van der Waals surface area (Å²) in [6.45, 7) is 8.01. The third kappa shape index (κ3) is 33.4. The Labute approximate surface area is 340 Å². The maximum atomic E-state index is 3.41. The molecule has 1 aromatic heterocycles. The minimum atomic E-state index is 0.511. The summed E-state index contributed by atoms with van der Waals surface area (Å²) in [6.07, 6.45) is 51.5. The summed E-state index contributed by atoms with van der Waals surface area (Å²) in [7, 11) is 2.14. The number of nitrogens with zero attached hydrogens (tertiary/aromatic N) is 2. The molecule has 300 valence electrons. The summed E-state index contributed by atoms with van der Waals surface area (Å²) >= 11 is 0. The van der Waals surface area contributed by atoms with Gasteiger partial charge in [0.1, 0.15) is 18.4 Å². The molecule has 0 saturated heterocycles. The molecule has 1 heterocycles. The van der Waals surface area contributed by atoms with Gasteiger partial charge in [-0.25, -0.2) is 9.13 Å². The Bertz CT molecular complexity index is 1540. The third-order valence-electron chi connectivity index (χ3n) is 10.7. The van der Waals surface area contributed by atoms with Crippen LogP contribution in [0.5, 0.6) is 0 Å². The van der Waals surface area contributed by atoms with E-state index in [2.05, 4.69) is 130 Å². The number of hydrogen-bond donors (Lipinski definition) is 0. The maximum absolute atomic E-state index is 3.41. The number of rotatable bonds is 34. The first kappa shape index (κ1) is 49.3. The monoisotopic (exact) mass is 744 g/mol. The molecule has 0 amide bonds. The number of unbranched alkanes of at least 4 members (excludes halogenated alkanes) is 24. The molecule has 1 rings (SSSR count). The molecule has 0 saturated carbocycles. The van der Waals surface area contributed by atoms with E-state index >= 15 is 0 Å². The Kier molecular flexibility index (Phi) is 35.9. The summed E-state index contributed by atoms with van der Waals surface area (Å²) in [5.74, 6) is 0.511. The quantitative estimate of drug-likeness (QED) is 0.0378. The summed E-state index contributed by atoms with van der Waals surface area (Å²) in [5.41, 5.74) is 32.8. The summed E-state index contributed by atoms with van der Waals surface area (Å²) in [5, 5.41) is 0. The van der Waals surface area contributed by atoms with E-state index in [1.807, 2.05) is 0 Å². The van der Waals surface area contributed by atoms with Crippen LogP contribution in [0.3, 0.4) is 0 Å². The van der Waals surface area contributed by atoms with E-state index in [1.54, 1.807) is 0 Å². The fraction of sp³-hybridized carbons (Fsp3) is 0.679. The van der Waals surface area contributed by atoms with E-state index in [9.17, 15) is 0 Å². The van der Waals surface area contributed by atoms with Crippen molar-refractivity contribution in [2.75, 3.05) is 0 Å². The van der Waals surface area contributed by atoms with Crippen molar-refractivity contribution in [3.63, 3.8) is 0 Å². The second-order valence-electron chi connectivity index (χ2n) is 15.7. The van der Waals surface area contributed by atoms with Gasteiger partial charge in [0.2, 0.25) is 6.33 Å². The van der Waals surface area contributed by atoms with Gasteiger partial charge in [-0.2, -0.15) is 0 Å². The number of aryl methyl sites for hydroxylation is 1. The molecule has 2 atom stereocenters. The van der Waals surface area contributed by atoms with Crippen LogP contribution in [0.2, 0.25) is 0 Å². The van der Waals surface area contributed by atoms with Crippen LogP contribution in [0.25, 0.3) is 0 Å². The van der Waals surface area contributed by atoms with Gasteiger partial charge in [0.25, 0.3) is 0 Å². The second kappa shape index (κ2) is 40.0. The fourth-order valence-corrected chi connectivity index (χ4v) is 7.37. The standard InChI is InChI=1S/C53H79N2/c1-5-8-11-14-17-20-23-26-27-30-33-36-39-42-47-53(55-50-49-54(4)51-55)48-43-46-52(44-40-37-34-31-28-24-21-18-15-12-9-6-2)45-41-38-35-32-29-25-22-19-16-13-10-7-3/h44,49-53H,2,5,7-8,10-11,13-14,16-17,19-20,22-23,25-27,29-30,32-33,35-36,38-39,41-43,45-48H2,1,3-4H3/q+1. The van der Waals surface area contributed by atoms with Crippen LogP contribution < -0.4 is 4.57 Å². The van der Waals surface area contributed by atoms with Crippen molar-refractivity contribution in [3.05, 3.63) is 100 Å². The van der Waals surface area contributed by atoms with E-state index in [1.165, 1.54) is 199 Å². The van der Waals surface area contributed by atoms with Crippen molar-refractivity contribution >= 4 is 0 Å². The Morgan fingerprint density at radius 1 is 0.473 bits per heavy atom. The Balaban J connectivity index is 2.65. The van der Waals surface area contributed by atoms with Crippen LogP contribution in [-0.4, -0.2) is 4.57 Å². The molecule has 0 bridgehead atoms. The van der Waals surface area contributed by atoms with Crippen molar-refractivity contribution in [1.29, 1.82) is 0 Å². The Morgan fingerprint density at radius 3 is 1.25 bits per heavy atom. The van der Waals surface area contributed by atoms with Crippen LogP contribution >= 0.6 is 0 Å². The van der Waals surface area contributed by atoms with Crippen LogP contribution in [-0.2, 0) is 7.05 Å². The molecule has 0 aliphatic carbocycles. The Morgan fingerprint density at radius 2 is 0.836 bits per heavy atom. The van der Waals surface area contributed by atoms with Crippen molar-refractivity contribution in [2.45, 2.75) is 219 Å². The molecule has 0 aliphatic heterocycles. The lowest BCUT2D eigenvalue weighted by Crippen LogP contribution is -2.24. The fourth-order valence-electron chi connectivity index (χ4n) is 7.37. The van der Waals surface area contributed by atoms with E-state index in [-0.39, 0.29) is 0 Å².